The number of benzene rings is 2. The molecule has 7 nitrogen and oxygen atoms in total. The van der Waals surface area contributed by atoms with Crippen LogP contribution in [0.4, 0.5) is 0 Å². The van der Waals surface area contributed by atoms with Crippen LogP contribution in [0.5, 0.6) is 11.5 Å². The number of carbonyl (C=O) groups excluding carboxylic acids is 1. The van der Waals surface area contributed by atoms with Gasteiger partial charge in [-0.3, -0.25) is 15.1 Å². The molecule has 4 atom stereocenters. The molecule has 0 saturated carbocycles. The lowest BCUT2D eigenvalue weighted by Crippen LogP contribution is -2.48. The third-order valence-corrected chi connectivity index (χ3v) is 8.02. The fourth-order valence-corrected chi connectivity index (χ4v) is 6.21. The zero-order valence-electron chi connectivity index (χ0n) is 20.1. The van der Waals surface area contributed by atoms with Gasteiger partial charge in [0.05, 0.1) is 5.92 Å². The van der Waals surface area contributed by atoms with Crippen molar-refractivity contribution >= 4 is 24.1 Å². The highest BCUT2D eigenvalue weighted by Crippen LogP contribution is 2.56. The fraction of sp³-hybridized carbons (Fsp3) is 0.462. The molecule has 2 aromatic carbocycles. The van der Waals surface area contributed by atoms with Gasteiger partial charge in [-0.05, 0) is 50.6 Å². The van der Waals surface area contributed by atoms with Gasteiger partial charge in [0.15, 0.2) is 11.5 Å². The van der Waals surface area contributed by atoms with E-state index in [-0.39, 0.29) is 60.4 Å². The first-order valence-electron chi connectivity index (χ1n) is 11.6. The highest BCUT2D eigenvalue weighted by molar-refractivity contribution is 5.95. The second-order valence-corrected chi connectivity index (χ2v) is 9.93. The summed E-state index contributed by atoms with van der Waals surface area (Å²) in [4.78, 5) is 18.4. The minimum absolute atomic E-state index is 0. The van der Waals surface area contributed by atoms with Gasteiger partial charge in [0.25, 0.3) is 0 Å². The number of nitrogen functional groups attached to an aromatic ring is 1. The van der Waals surface area contributed by atoms with Crippen molar-refractivity contribution in [3.63, 3.8) is 0 Å². The van der Waals surface area contributed by atoms with Gasteiger partial charge in [0, 0.05) is 35.6 Å². The SMILES string of the molecule is CCC1C2C(C(=O)N1Cc1ccc3c(c1)OCO3)C(c1ccc(C(=N)N)cc1)N(C)C2(C)C.Cl. The van der Waals surface area contributed by atoms with E-state index < -0.39 is 0 Å². The Balaban J connectivity index is 0.00000274. The van der Waals surface area contributed by atoms with E-state index >= 15 is 0 Å². The standard InChI is InChI=1S/C26H32N4O3.ClH/c1-5-18-22-21(25(31)30(18)13-15-6-11-19-20(12-15)33-14-32-19)23(29(4)26(22,2)3)16-7-9-17(10-8-16)24(27)28;/h6-12,18,21-23H,5,13-14H2,1-4H3,(H3,27,28);1H. The van der Waals surface area contributed by atoms with Crippen LogP contribution < -0.4 is 15.2 Å². The lowest BCUT2D eigenvalue weighted by Gasteiger charge is -2.40. The van der Waals surface area contributed by atoms with Crippen molar-refractivity contribution < 1.29 is 14.3 Å². The van der Waals surface area contributed by atoms with Gasteiger partial charge in [0.2, 0.25) is 12.7 Å². The minimum atomic E-state index is -0.144. The first kappa shape index (κ1) is 24.4. The second-order valence-electron chi connectivity index (χ2n) is 9.93. The number of rotatable bonds is 5. The van der Waals surface area contributed by atoms with Crippen LogP contribution in [0.2, 0.25) is 0 Å². The Bertz CT molecular complexity index is 1100. The Hall–Kier alpha value is -2.77. The number of carbonyl (C=O) groups is 1. The molecule has 0 bridgehead atoms. The van der Waals surface area contributed by atoms with E-state index in [4.69, 9.17) is 20.6 Å². The predicted molar refractivity (Wildman–Crippen MR) is 133 cm³/mol. The molecule has 5 rings (SSSR count). The van der Waals surface area contributed by atoms with Crippen LogP contribution in [0.3, 0.4) is 0 Å². The molecule has 0 radical (unpaired) electrons. The lowest BCUT2D eigenvalue weighted by atomic mass is 9.77. The molecule has 8 heteroatoms. The summed E-state index contributed by atoms with van der Waals surface area (Å²) in [7, 11) is 2.13. The van der Waals surface area contributed by atoms with E-state index in [1.807, 2.05) is 42.5 Å². The van der Waals surface area contributed by atoms with E-state index in [0.717, 1.165) is 29.0 Å². The van der Waals surface area contributed by atoms with E-state index in [1.165, 1.54) is 0 Å². The number of halogens is 1. The van der Waals surface area contributed by atoms with Crippen molar-refractivity contribution in [2.45, 2.75) is 51.4 Å². The average Bonchev–Trinajstić information content (AvgIpc) is 3.42. The Morgan fingerprint density at radius 2 is 1.82 bits per heavy atom. The quantitative estimate of drug-likeness (QED) is 0.495. The maximum atomic E-state index is 14.0. The third kappa shape index (κ3) is 3.62. The number of nitrogens with one attached hydrogen (secondary N) is 1. The van der Waals surface area contributed by atoms with E-state index in [2.05, 4.69) is 37.6 Å². The monoisotopic (exact) mass is 484 g/mol. The molecule has 3 aliphatic rings. The van der Waals surface area contributed by atoms with Crippen molar-refractivity contribution in [1.82, 2.24) is 9.80 Å². The van der Waals surface area contributed by atoms with Gasteiger partial charge in [-0.25, -0.2) is 0 Å². The van der Waals surface area contributed by atoms with E-state index in [0.29, 0.717) is 12.1 Å². The first-order chi connectivity index (χ1) is 15.7. The van der Waals surface area contributed by atoms with Crippen molar-refractivity contribution in [2.75, 3.05) is 13.8 Å². The van der Waals surface area contributed by atoms with Gasteiger partial charge in [-0.1, -0.05) is 37.3 Å². The van der Waals surface area contributed by atoms with Crippen LogP contribution in [0.25, 0.3) is 0 Å². The smallest absolute Gasteiger partial charge is 0.231 e. The summed E-state index contributed by atoms with van der Waals surface area (Å²) < 4.78 is 11.0. The van der Waals surface area contributed by atoms with Crippen molar-refractivity contribution in [1.29, 1.82) is 5.41 Å². The second kappa shape index (κ2) is 8.78. The Kier molecular flexibility index (Phi) is 6.29. The Labute approximate surface area is 207 Å². The molecule has 0 spiro atoms. The zero-order chi connectivity index (χ0) is 23.5. The largest absolute Gasteiger partial charge is 0.454 e. The molecule has 0 aliphatic carbocycles. The van der Waals surface area contributed by atoms with Crippen LogP contribution in [-0.4, -0.2) is 47.0 Å². The molecule has 2 saturated heterocycles. The summed E-state index contributed by atoms with van der Waals surface area (Å²) in [6.45, 7) is 7.51. The maximum Gasteiger partial charge on any atom is 0.231 e. The summed E-state index contributed by atoms with van der Waals surface area (Å²) in [5.74, 6) is 1.86. The summed E-state index contributed by atoms with van der Waals surface area (Å²) in [5, 5.41) is 7.69. The average molecular weight is 485 g/mol. The molecule has 1 amide bonds. The van der Waals surface area contributed by atoms with Gasteiger partial charge in [-0.15, -0.1) is 12.4 Å². The fourth-order valence-electron chi connectivity index (χ4n) is 6.21. The maximum absolute atomic E-state index is 14.0. The number of hydrogen-bond donors (Lipinski definition) is 2. The number of fused-ring (bicyclic) bond motifs is 2. The zero-order valence-corrected chi connectivity index (χ0v) is 20.9. The molecular formula is C26H33ClN4O3. The van der Waals surface area contributed by atoms with Crippen LogP contribution in [0, 0.1) is 17.2 Å². The third-order valence-electron chi connectivity index (χ3n) is 8.02. The number of hydrogen-bond acceptors (Lipinski definition) is 5. The lowest BCUT2D eigenvalue weighted by molar-refractivity contribution is -0.134. The summed E-state index contributed by atoms with van der Waals surface area (Å²) in [6, 6.07) is 13.9. The number of amidine groups is 1. The number of amides is 1. The molecule has 0 aromatic heterocycles. The number of nitrogens with two attached hydrogens (primary N) is 1. The summed E-state index contributed by atoms with van der Waals surface area (Å²) in [6.07, 6.45) is 0.907. The van der Waals surface area contributed by atoms with Crippen LogP contribution >= 0.6 is 12.4 Å². The van der Waals surface area contributed by atoms with Crippen LogP contribution in [0.15, 0.2) is 42.5 Å². The molecule has 3 N–H and O–H groups in total. The molecular weight excluding hydrogens is 452 g/mol. The van der Waals surface area contributed by atoms with Gasteiger partial charge in [0.1, 0.15) is 5.84 Å². The molecule has 2 aromatic rings. The predicted octanol–water partition coefficient (Wildman–Crippen LogP) is 3.94. The summed E-state index contributed by atoms with van der Waals surface area (Å²) >= 11 is 0. The molecule has 34 heavy (non-hydrogen) atoms. The molecule has 182 valence electrons. The normalized spacial score (nSPS) is 26.9. The minimum Gasteiger partial charge on any atom is -0.454 e. The number of likely N-dealkylation sites (tertiary alicyclic amines) is 2. The molecule has 3 aliphatic heterocycles. The van der Waals surface area contributed by atoms with Crippen molar-refractivity contribution in [3.8, 4) is 11.5 Å². The first-order valence-corrected chi connectivity index (χ1v) is 11.6. The van der Waals surface area contributed by atoms with Crippen LogP contribution in [-0.2, 0) is 11.3 Å². The van der Waals surface area contributed by atoms with E-state index in [9.17, 15) is 4.79 Å². The van der Waals surface area contributed by atoms with Crippen molar-refractivity contribution in [2.24, 2.45) is 17.6 Å². The van der Waals surface area contributed by atoms with Crippen LogP contribution in [0.1, 0.15) is 49.9 Å². The topological polar surface area (TPSA) is 91.9 Å². The molecule has 2 fully saturated rings. The van der Waals surface area contributed by atoms with Crippen molar-refractivity contribution in [3.05, 3.63) is 59.2 Å². The van der Waals surface area contributed by atoms with Gasteiger partial charge in [-0.2, -0.15) is 0 Å². The Morgan fingerprint density at radius 1 is 1.15 bits per heavy atom. The number of nitrogens with zero attached hydrogens (tertiary/aromatic N) is 2. The Morgan fingerprint density at radius 3 is 2.47 bits per heavy atom. The summed E-state index contributed by atoms with van der Waals surface area (Å²) in [5.41, 5.74) is 8.35. The highest BCUT2D eigenvalue weighted by Gasteiger charge is 2.63. The van der Waals surface area contributed by atoms with E-state index in [1.54, 1.807) is 0 Å². The molecule has 3 heterocycles. The highest BCUT2D eigenvalue weighted by atomic mass is 35.5. The number of ether oxygens (including phenoxy) is 2. The van der Waals surface area contributed by atoms with Gasteiger partial charge >= 0.3 is 0 Å². The van der Waals surface area contributed by atoms with Gasteiger partial charge < -0.3 is 20.1 Å². The molecule has 4 unspecified atom stereocenters.